The van der Waals surface area contributed by atoms with Crippen molar-refractivity contribution in [1.82, 2.24) is 5.32 Å². The number of nitrogens with one attached hydrogen (secondary N) is 1. The van der Waals surface area contributed by atoms with E-state index in [1.807, 2.05) is 0 Å². The maximum Gasteiger partial charge on any atom is 0.220 e. The molecule has 0 aliphatic heterocycles. The van der Waals surface area contributed by atoms with Gasteiger partial charge in [0, 0.05) is 23.6 Å². The second kappa shape index (κ2) is 9.53. The molecule has 1 N–H and O–H groups in total. The van der Waals surface area contributed by atoms with Crippen LogP contribution in [-0.4, -0.2) is 18.2 Å². The number of amides is 1. The number of rotatable bonds is 8. The average molecular weight is 342 g/mol. The van der Waals surface area contributed by atoms with Crippen LogP contribution in [0.1, 0.15) is 42.9 Å². The van der Waals surface area contributed by atoms with Crippen molar-refractivity contribution in [2.45, 2.75) is 44.4 Å². The van der Waals surface area contributed by atoms with Gasteiger partial charge in [0.2, 0.25) is 5.91 Å². The largest absolute Gasteiger partial charge is 0.355 e. The Morgan fingerprint density at radius 2 is 1.71 bits per heavy atom. The summed E-state index contributed by atoms with van der Waals surface area (Å²) in [7, 11) is 0. The highest BCUT2D eigenvalue weighted by molar-refractivity contribution is 7.99. The first kappa shape index (κ1) is 18.6. The molecule has 2 nitrogen and oxygen atoms in total. The van der Waals surface area contributed by atoms with E-state index < -0.39 is 0 Å². The zero-order chi connectivity index (χ0) is 17.4. The van der Waals surface area contributed by atoms with E-state index in [9.17, 15) is 4.79 Å². The topological polar surface area (TPSA) is 29.1 Å². The summed E-state index contributed by atoms with van der Waals surface area (Å²) >= 11 is 1.78. The molecule has 0 saturated heterocycles. The summed E-state index contributed by atoms with van der Waals surface area (Å²) in [4.78, 5) is 13.2. The zero-order valence-corrected chi connectivity index (χ0v) is 15.7. The smallest absolute Gasteiger partial charge is 0.220 e. The molecule has 0 bridgehead atoms. The van der Waals surface area contributed by atoms with Crippen LogP contribution in [0.3, 0.4) is 0 Å². The van der Waals surface area contributed by atoms with Gasteiger partial charge in [0.1, 0.15) is 0 Å². The second-order valence-corrected chi connectivity index (χ2v) is 7.58. The molecule has 24 heavy (non-hydrogen) atoms. The lowest BCUT2D eigenvalue weighted by Crippen LogP contribution is -2.25. The molecule has 128 valence electrons. The van der Waals surface area contributed by atoms with Gasteiger partial charge in [0.15, 0.2) is 0 Å². The van der Waals surface area contributed by atoms with E-state index in [1.165, 1.54) is 21.6 Å². The lowest BCUT2D eigenvalue weighted by molar-refractivity contribution is -0.120. The molecule has 0 radical (unpaired) electrons. The Morgan fingerprint density at radius 3 is 2.33 bits per heavy atom. The summed E-state index contributed by atoms with van der Waals surface area (Å²) in [6.07, 6.45) is 1.35. The summed E-state index contributed by atoms with van der Waals surface area (Å²) in [5, 5.41) is 3.00. The number of carbonyl (C=O) groups excluding carboxylic acids is 1. The molecule has 0 atom stereocenters. The van der Waals surface area contributed by atoms with E-state index in [0.717, 1.165) is 12.2 Å². The van der Waals surface area contributed by atoms with Gasteiger partial charge in [-0.3, -0.25) is 4.79 Å². The molecule has 1 amide bonds. The van der Waals surface area contributed by atoms with E-state index in [2.05, 4.69) is 74.6 Å². The van der Waals surface area contributed by atoms with Crippen molar-refractivity contribution in [2.75, 3.05) is 12.3 Å². The number of aryl methyl sites for hydroxylation is 2. The molecular weight excluding hydrogens is 314 g/mol. The third kappa shape index (κ3) is 6.40. The monoisotopic (exact) mass is 341 g/mol. The fourth-order valence-corrected chi connectivity index (χ4v) is 3.18. The molecule has 0 aliphatic carbocycles. The molecule has 0 aliphatic rings. The summed E-state index contributed by atoms with van der Waals surface area (Å²) < 4.78 is 0. The summed E-state index contributed by atoms with van der Waals surface area (Å²) in [6, 6.07) is 17.1. The first-order valence-corrected chi connectivity index (χ1v) is 9.58. The van der Waals surface area contributed by atoms with E-state index >= 15 is 0 Å². The molecule has 2 aromatic rings. The van der Waals surface area contributed by atoms with E-state index in [-0.39, 0.29) is 5.91 Å². The molecule has 0 heterocycles. The van der Waals surface area contributed by atoms with Crippen molar-refractivity contribution in [3.63, 3.8) is 0 Å². The number of hydrogen-bond donors (Lipinski definition) is 1. The Hall–Kier alpha value is -1.74. The highest BCUT2D eigenvalue weighted by atomic mass is 32.2. The molecule has 0 fully saturated rings. The van der Waals surface area contributed by atoms with E-state index in [1.54, 1.807) is 11.8 Å². The Morgan fingerprint density at radius 1 is 1.04 bits per heavy atom. The van der Waals surface area contributed by atoms with Crippen molar-refractivity contribution < 1.29 is 4.79 Å². The highest BCUT2D eigenvalue weighted by Gasteiger charge is 2.03. The SMILES string of the molecule is Cc1ccc(SCCNC(=O)CCc2ccc(C(C)C)cc2)cc1. The summed E-state index contributed by atoms with van der Waals surface area (Å²) in [5.74, 6) is 1.58. The lowest BCUT2D eigenvalue weighted by atomic mass is 10.0. The molecule has 0 unspecified atom stereocenters. The summed E-state index contributed by atoms with van der Waals surface area (Å²) in [5.41, 5.74) is 3.84. The first-order chi connectivity index (χ1) is 11.5. The van der Waals surface area contributed by atoms with E-state index in [0.29, 0.717) is 18.9 Å². The van der Waals surface area contributed by atoms with Gasteiger partial charge in [-0.15, -0.1) is 11.8 Å². The minimum absolute atomic E-state index is 0.132. The number of benzene rings is 2. The second-order valence-electron chi connectivity index (χ2n) is 6.41. The number of thioether (sulfide) groups is 1. The van der Waals surface area contributed by atoms with Crippen LogP contribution < -0.4 is 5.32 Å². The third-order valence-electron chi connectivity index (χ3n) is 4.00. The van der Waals surface area contributed by atoms with Crippen LogP contribution in [0.25, 0.3) is 0 Å². The Balaban J connectivity index is 1.63. The Bertz CT molecular complexity index is 632. The van der Waals surface area contributed by atoms with E-state index in [4.69, 9.17) is 0 Å². The van der Waals surface area contributed by atoms with Gasteiger partial charge in [0.25, 0.3) is 0 Å². The van der Waals surface area contributed by atoms with Crippen LogP contribution in [0.2, 0.25) is 0 Å². The Kier molecular flexibility index (Phi) is 7.38. The highest BCUT2D eigenvalue weighted by Crippen LogP contribution is 2.17. The van der Waals surface area contributed by atoms with Crippen LogP contribution in [-0.2, 0) is 11.2 Å². The molecule has 2 aromatic carbocycles. The average Bonchev–Trinajstić information content (AvgIpc) is 2.59. The van der Waals surface area contributed by atoms with Crippen molar-refractivity contribution in [3.8, 4) is 0 Å². The first-order valence-electron chi connectivity index (χ1n) is 8.59. The normalized spacial score (nSPS) is 10.8. The van der Waals surface area contributed by atoms with Crippen molar-refractivity contribution >= 4 is 17.7 Å². The van der Waals surface area contributed by atoms with Crippen LogP contribution >= 0.6 is 11.8 Å². The number of carbonyl (C=O) groups is 1. The van der Waals surface area contributed by atoms with Crippen molar-refractivity contribution in [2.24, 2.45) is 0 Å². The van der Waals surface area contributed by atoms with Crippen LogP contribution in [0.4, 0.5) is 0 Å². The van der Waals surface area contributed by atoms with Gasteiger partial charge in [0.05, 0.1) is 0 Å². The quantitative estimate of drug-likeness (QED) is 0.543. The standard InChI is InChI=1S/C21H27NOS/c1-16(2)19-9-6-18(7-10-19)8-13-21(23)22-14-15-24-20-11-4-17(3)5-12-20/h4-7,9-12,16H,8,13-15H2,1-3H3,(H,22,23). The van der Waals surface area contributed by atoms with Crippen molar-refractivity contribution in [3.05, 3.63) is 65.2 Å². The van der Waals surface area contributed by atoms with Gasteiger partial charge >= 0.3 is 0 Å². The minimum Gasteiger partial charge on any atom is -0.355 e. The van der Waals surface area contributed by atoms with Crippen molar-refractivity contribution in [1.29, 1.82) is 0 Å². The molecule has 0 saturated carbocycles. The molecule has 0 spiro atoms. The minimum atomic E-state index is 0.132. The predicted molar refractivity (Wildman–Crippen MR) is 104 cm³/mol. The van der Waals surface area contributed by atoms with Gasteiger partial charge in [-0.25, -0.2) is 0 Å². The van der Waals surface area contributed by atoms with Gasteiger partial charge in [-0.1, -0.05) is 55.8 Å². The van der Waals surface area contributed by atoms with Gasteiger partial charge < -0.3 is 5.32 Å². The zero-order valence-electron chi connectivity index (χ0n) is 14.8. The lowest BCUT2D eigenvalue weighted by Gasteiger charge is -2.08. The van der Waals surface area contributed by atoms with Crippen LogP contribution in [0, 0.1) is 6.92 Å². The number of hydrogen-bond acceptors (Lipinski definition) is 2. The fourth-order valence-electron chi connectivity index (χ4n) is 2.41. The van der Waals surface area contributed by atoms with Crippen LogP contribution in [0.5, 0.6) is 0 Å². The molecule has 3 heteroatoms. The maximum atomic E-state index is 11.9. The summed E-state index contributed by atoms with van der Waals surface area (Å²) in [6.45, 7) is 7.18. The fraction of sp³-hybridized carbons (Fsp3) is 0.381. The molecule has 2 rings (SSSR count). The Labute approximate surface area is 150 Å². The third-order valence-corrected chi connectivity index (χ3v) is 5.01. The van der Waals surface area contributed by atoms with Gasteiger partial charge in [-0.05, 0) is 42.5 Å². The van der Waals surface area contributed by atoms with Gasteiger partial charge in [-0.2, -0.15) is 0 Å². The maximum absolute atomic E-state index is 11.9. The molecule has 0 aromatic heterocycles. The molecular formula is C21H27NOS. The predicted octanol–water partition coefficient (Wildman–Crippen LogP) is 4.96. The van der Waals surface area contributed by atoms with Crippen LogP contribution in [0.15, 0.2) is 53.4 Å².